The van der Waals surface area contributed by atoms with Gasteiger partial charge in [-0.2, -0.15) is 0 Å². The molecule has 0 unspecified atom stereocenters. The van der Waals surface area contributed by atoms with E-state index >= 15 is 0 Å². The van der Waals surface area contributed by atoms with Crippen LogP contribution in [-0.2, 0) is 0 Å². The van der Waals surface area contributed by atoms with Gasteiger partial charge in [0.15, 0.2) is 0 Å². The molecule has 0 radical (unpaired) electrons. The highest BCUT2D eigenvalue weighted by atomic mass is 14.9. The molecule has 0 spiro atoms. The average Bonchev–Trinajstić information content (AvgIpc) is 2.70. The second-order valence-corrected chi connectivity index (χ2v) is 5.97. The molecule has 26 heavy (non-hydrogen) atoms. The second-order valence-electron chi connectivity index (χ2n) is 5.97. The molecule has 1 heteroatoms. The van der Waals surface area contributed by atoms with E-state index in [1.165, 1.54) is 11.1 Å². The fourth-order valence-electron chi connectivity index (χ4n) is 2.92. The summed E-state index contributed by atoms with van der Waals surface area (Å²) in [6.45, 7) is 5.85. The summed E-state index contributed by atoms with van der Waals surface area (Å²) in [5.41, 5.74) is 6.86. The van der Waals surface area contributed by atoms with E-state index in [0.29, 0.717) is 0 Å². The zero-order chi connectivity index (χ0) is 18.2. The van der Waals surface area contributed by atoms with Crippen molar-refractivity contribution in [1.82, 2.24) is 0 Å². The zero-order valence-electron chi connectivity index (χ0n) is 15.0. The Kier molecular flexibility index (Phi) is 5.84. The Bertz CT molecular complexity index is 916. The van der Waals surface area contributed by atoms with Crippen LogP contribution in [0.25, 0.3) is 16.7 Å². The molecule has 0 aromatic heterocycles. The molecule has 0 saturated heterocycles. The summed E-state index contributed by atoms with van der Waals surface area (Å²) in [6, 6.07) is 27.3. The van der Waals surface area contributed by atoms with Gasteiger partial charge in [0, 0.05) is 16.9 Å². The minimum absolute atomic E-state index is 1.07. The maximum Gasteiger partial charge on any atom is 0.0463 e. The highest BCUT2D eigenvalue weighted by Gasteiger charge is 2.05. The molecule has 0 bridgehead atoms. The molecule has 3 aromatic carbocycles. The Hall–Kier alpha value is -3.32. The summed E-state index contributed by atoms with van der Waals surface area (Å²) in [4.78, 5) is 0. The van der Waals surface area contributed by atoms with E-state index in [9.17, 15) is 0 Å². The third-order valence-electron chi connectivity index (χ3n) is 4.15. The molecule has 0 aliphatic rings. The van der Waals surface area contributed by atoms with Gasteiger partial charge >= 0.3 is 0 Å². The summed E-state index contributed by atoms with van der Waals surface area (Å²) in [6.07, 6.45) is 7.99. The smallest absolute Gasteiger partial charge is 0.0463 e. The Morgan fingerprint density at radius 3 is 2.15 bits per heavy atom. The lowest BCUT2D eigenvalue weighted by Crippen LogP contribution is -1.95. The number of hydrogen-bond acceptors (Lipinski definition) is 1. The molecule has 0 aliphatic heterocycles. The lowest BCUT2D eigenvalue weighted by molar-refractivity contribution is 1.51. The molecule has 0 heterocycles. The van der Waals surface area contributed by atoms with Gasteiger partial charge in [-0.3, -0.25) is 0 Å². The standard InChI is InChI=1S/C25H23N/c1-3-10-22(11-4-2)24-14-8-9-15-25(24)26-23-18-16-21(17-19-23)20-12-6-5-7-13-20/h3-19,26H,1H2,2H3/b11-4-,22-10+. The highest BCUT2D eigenvalue weighted by molar-refractivity contribution is 5.84. The fourth-order valence-corrected chi connectivity index (χ4v) is 2.92. The van der Waals surface area contributed by atoms with Crippen molar-refractivity contribution < 1.29 is 0 Å². The summed E-state index contributed by atoms with van der Waals surface area (Å²) in [7, 11) is 0. The number of hydrogen-bond donors (Lipinski definition) is 1. The molecule has 1 N–H and O–H groups in total. The van der Waals surface area contributed by atoms with Gasteiger partial charge in [-0.05, 0) is 41.8 Å². The number of allylic oxidation sites excluding steroid dienone is 5. The van der Waals surface area contributed by atoms with Crippen LogP contribution in [0.2, 0.25) is 0 Å². The average molecular weight is 337 g/mol. The van der Waals surface area contributed by atoms with Crippen LogP contribution in [0.3, 0.4) is 0 Å². The van der Waals surface area contributed by atoms with E-state index in [1.54, 1.807) is 0 Å². The maximum absolute atomic E-state index is 3.83. The van der Waals surface area contributed by atoms with Crippen LogP contribution >= 0.6 is 0 Å². The maximum atomic E-state index is 3.83. The molecule has 128 valence electrons. The van der Waals surface area contributed by atoms with Gasteiger partial charge in [0.25, 0.3) is 0 Å². The largest absolute Gasteiger partial charge is 0.355 e. The number of para-hydroxylation sites is 1. The predicted molar refractivity (Wildman–Crippen MR) is 115 cm³/mol. The first-order chi connectivity index (χ1) is 12.8. The zero-order valence-corrected chi connectivity index (χ0v) is 15.0. The van der Waals surface area contributed by atoms with Crippen LogP contribution in [0.1, 0.15) is 12.5 Å². The lowest BCUT2D eigenvalue weighted by Gasteiger charge is -2.13. The first kappa shape index (κ1) is 17.5. The minimum Gasteiger partial charge on any atom is -0.355 e. The lowest BCUT2D eigenvalue weighted by atomic mass is 10.0. The Morgan fingerprint density at radius 2 is 1.46 bits per heavy atom. The molecular formula is C25H23N. The predicted octanol–water partition coefficient (Wildman–Crippen LogP) is 7.24. The van der Waals surface area contributed by atoms with Crippen LogP contribution in [-0.4, -0.2) is 0 Å². The van der Waals surface area contributed by atoms with Gasteiger partial charge in [-0.25, -0.2) is 0 Å². The van der Waals surface area contributed by atoms with E-state index in [4.69, 9.17) is 0 Å². The van der Waals surface area contributed by atoms with Gasteiger partial charge < -0.3 is 5.32 Å². The molecule has 1 nitrogen and oxygen atoms in total. The van der Waals surface area contributed by atoms with E-state index in [2.05, 4.69) is 84.7 Å². The molecular weight excluding hydrogens is 314 g/mol. The van der Waals surface area contributed by atoms with E-state index in [1.807, 2.05) is 37.3 Å². The minimum atomic E-state index is 1.07. The van der Waals surface area contributed by atoms with Crippen LogP contribution in [0, 0.1) is 0 Å². The van der Waals surface area contributed by atoms with E-state index in [0.717, 1.165) is 22.5 Å². The van der Waals surface area contributed by atoms with Crippen molar-refractivity contribution in [2.45, 2.75) is 6.92 Å². The number of anilines is 2. The van der Waals surface area contributed by atoms with Crippen LogP contribution < -0.4 is 5.32 Å². The summed E-state index contributed by atoms with van der Waals surface area (Å²) in [5.74, 6) is 0. The topological polar surface area (TPSA) is 12.0 Å². The SMILES string of the molecule is C=C/C=C(\C=C/C)c1ccccc1Nc1ccc(-c2ccccc2)cc1. The molecule has 0 aliphatic carbocycles. The van der Waals surface area contributed by atoms with Gasteiger partial charge in [0.1, 0.15) is 0 Å². The second kappa shape index (κ2) is 8.68. The molecule has 0 saturated carbocycles. The molecule has 0 fully saturated rings. The van der Waals surface area contributed by atoms with Gasteiger partial charge in [0.2, 0.25) is 0 Å². The molecule has 0 amide bonds. The first-order valence-electron chi connectivity index (χ1n) is 8.79. The van der Waals surface area contributed by atoms with Crippen molar-refractivity contribution in [2.24, 2.45) is 0 Å². The number of rotatable bonds is 6. The van der Waals surface area contributed by atoms with Gasteiger partial charge in [0.05, 0.1) is 0 Å². The third-order valence-corrected chi connectivity index (χ3v) is 4.15. The number of nitrogens with one attached hydrogen (secondary N) is 1. The molecule has 3 rings (SSSR count). The molecule has 0 atom stereocenters. The van der Waals surface area contributed by atoms with Gasteiger partial charge in [-0.1, -0.05) is 91.5 Å². The van der Waals surface area contributed by atoms with Gasteiger partial charge in [-0.15, -0.1) is 0 Å². The first-order valence-corrected chi connectivity index (χ1v) is 8.79. The molecule has 3 aromatic rings. The Balaban J connectivity index is 1.88. The quantitative estimate of drug-likeness (QED) is 0.467. The van der Waals surface area contributed by atoms with Crippen molar-refractivity contribution in [3.63, 3.8) is 0 Å². The van der Waals surface area contributed by atoms with Crippen LogP contribution in [0.4, 0.5) is 11.4 Å². The summed E-state index contributed by atoms with van der Waals surface area (Å²) in [5, 5.41) is 3.54. The highest BCUT2D eigenvalue weighted by Crippen LogP contribution is 2.29. The third kappa shape index (κ3) is 4.20. The van der Waals surface area contributed by atoms with Crippen molar-refractivity contribution in [2.75, 3.05) is 5.32 Å². The van der Waals surface area contributed by atoms with Crippen molar-refractivity contribution in [3.05, 3.63) is 115 Å². The Labute approximate surface area is 156 Å². The summed E-state index contributed by atoms with van der Waals surface area (Å²) >= 11 is 0. The normalized spacial score (nSPS) is 11.5. The van der Waals surface area contributed by atoms with E-state index in [-0.39, 0.29) is 0 Å². The van der Waals surface area contributed by atoms with Crippen LogP contribution in [0.5, 0.6) is 0 Å². The summed E-state index contributed by atoms with van der Waals surface area (Å²) < 4.78 is 0. The monoisotopic (exact) mass is 337 g/mol. The van der Waals surface area contributed by atoms with E-state index < -0.39 is 0 Å². The van der Waals surface area contributed by atoms with Crippen LogP contribution in [0.15, 0.2) is 110 Å². The Morgan fingerprint density at radius 1 is 0.808 bits per heavy atom. The van der Waals surface area contributed by atoms with Crippen molar-refractivity contribution in [1.29, 1.82) is 0 Å². The fraction of sp³-hybridized carbons (Fsp3) is 0.0400. The van der Waals surface area contributed by atoms with Crippen molar-refractivity contribution in [3.8, 4) is 11.1 Å². The van der Waals surface area contributed by atoms with Crippen molar-refractivity contribution >= 4 is 16.9 Å². The number of benzene rings is 3.